The minimum absolute atomic E-state index is 0.195. The third-order valence-electron chi connectivity index (χ3n) is 3.42. The Hall–Kier alpha value is -2.06. The van der Waals surface area contributed by atoms with Crippen molar-refractivity contribution in [3.8, 4) is 0 Å². The first-order valence-corrected chi connectivity index (χ1v) is 8.62. The number of thioether (sulfide) groups is 1. The molecule has 1 saturated heterocycles. The number of nitrogens with zero attached hydrogens (tertiary/aromatic N) is 1. The van der Waals surface area contributed by atoms with Gasteiger partial charge in [0.05, 0.1) is 16.2 Å². The minimum Gasteiger partial charge on any atom is -0.278 e. The van der Waals surface area contributed by atoms with Crippen molar-refractivity contribution >= 4 is 50.5 Å². The first-order valence-electron chi connectivity index (χ1n) is 7.02. The van der Waals surface area contributed by atoms with Crippen LogP contribution in [-0.4, -0.2) is 11.1 Å². The van der Waals surface area contributed by atoms with E-state index in [2.05, 4.69) is 15.9 Å². The maximum absolute atomic E-state index is 13.2. The highest BCUT2D eigenvalue weighted by molar-refractivity contribution is 9.10. The van der Waals surface area contributed by atoms with Crippen molar-refractivity contribution < 1.29 is 18.0 Å². The van der Waals surface area contributed by atoms with Crippen molar-refractivity contribution in [1.82, 2.24) is 0 Å². The number of amidine groups is 1. The van der Waals surface area contributed by atoms with E-state index < -0.39 is 17.6 Å². The summed E-state index contributed by atoms with van der Waals surface area (Å²) >= 11 is 4.15. The molecule has 2 aromatic carbocycles. The molecule has 3 rings (SSSR count). The Kier molecular flexibility index (Phi) is 4.75. The van der Waals surface area contributed by atoms with Gasteiger partial charge in [0.2, 0.25) is 0 Å². The van der Waals surface area contributed by atoms with Crippen LogP contribution in [0, 0.1) is 5.41 Å². The fourth-order valence-electron chi connectivity index (χ4n) is 2.36. The summed E-state index contributed by atoms with van der Waals surface area (Å²) in [7, 11) is 0. The monoisotopic (exact) mass is 426 g/mol. The molecular formula is C17H10BrF3N2OS. The second-order valence-electron chi connectivity index (χ2n) is 5.13. The highest BCUT2D eigenvalue weighted by atomic mass is 79.9. The molecule has 0 radical (unpaired) electrons. The average Bonchev–Trinajstić information content (AvgIpc) is 2.80. The lowest BCUT2D eigenvalue weighted by atomic mass is 10.1. The van der Waals surface area contributed by atoms with E-state index in [1.165, 1.54) is 18.2 Å². The standard InChI is InChI=1S/C17H10BrF3N2OS/c18-11-5-3-4-10(8-11)9-14-15(24)23(16(22)25-14)13-7-2-1-6-12(13)17(19,20)21/h1-9,22H/b14-9-,22-16?. The molecule has 0 unspecified atom stereocenters. The van der Waals surface area contributed by atoms with E-state index in [-0.39, 0.29) is 15.8 Å². The van der Waals surface area contributed by atoms with Gasteiger partial charge in [0.15, 0.2) is 5.17 Å². The van der Waals surface area contributed by atoms with Crippen molar-refractivity contribution in [3.05, 3.63) is 69.0 Å². The topological polar surface area (TPSA) is 44.2 Å². The van der Waals surface area contributed by atoms with E-state index in [4.69, 9.17) is 5.41 Å². The first kappa shape index (κ1) is 17.8. The van der Waals surface area contributed by atoms with Gasteiger partial charge in [-0.1, -0.05) is 40.2 Å². The summed E-state index contributed by atoms with van der Waals surface area (Å²) < 4.78 is 40.4. The summed E-state index contributed by atoms with van der Waals surface area (Å²) in [6.45, 7) is 0. The van der Waals surface area contributed by atoms with E-state index in [0.717, 1.165) is 27.2 Å². The lowest BCUT2D eigenvalue weighted by Gasteiger charge is -2.19. The lowest BCUT2D eigenvalue weighted by molar-refractivity contribution is -0.137. The molecule has 0 bridgehead atoms. The molecule has 1 aliphatic rings. The van der Waals surface area contributed by atoms with Crippen LogP contribution < -0.4 is 4.90 Å². The zero-order chi connectivity index (χ0) is 18.2. The van der Waals surface area contributed by atoms with E-state index in [1.54, 1.807) is 24.3 Å². The molecule has 1 amide bonds. The maximum atomic E-state index is 13.2. The number of hydrogen-bond donors (Lipinski definition) is 1. The highest BCUT2D eigenvalue weighted by Crippen LogP contribution is 2.41. The van der Waals surface area contributed by atoms with Crippen molar-refractivity contribution in [2.75, 3.05) is 4.90 Å². The second-order valence-corrected chi connectivity index (χ2v) is 7.07. The quantitative estimate of drug-likeness (QED) is 0.642. The minimum atomic E-state index is -4.61. The number of carbonyl (C=O) groups is 1. The Balaban J connectivity index is 2.01. The van der Waals surface area contributed by atoms with Crippen LogP contribution in [0.4, 0.5) is 18.9 Å². The number of nitrogens with one attached hydrogen (secondary N) is 1. The van der Waals surface area contributed by atoms with Gasteiger partial charge >= 0.3 is 6.18 Å². The van der Waals surface area contributed by atoms with Crippen LogP contribution in [0.3, 0.4) is 0 Å². The molecule has 8 heteroatoms. The molecule has 1 aliphatic heterocycles. The smallest absolute Gasteiger partial charge is 0.278 e. The molecule has 0 saturated carbocycles. The van der Waals surface area contributed by atoms with Crippen LogP contribution >= 0.6 is 27.7 Å². The van der Waals surface area contributed by atoms with Crippen molar-refractivity contribution in [2.24, 2.45) is 0 Å². The van der Waals surface area contributed by atoms with Crippen LogP contribution in [0.1, 0.15) is 11.1 Å². The number of amides is 1. The molecule has 3 nitrogen and oxygen atoms in total. The third kappa shape index (κ3) is 3.64. The summed E-state index contributed by atoms with van der Waals surface area (Å²) in [5, 5.41) is 7.70. The number of benzene rings is 2. The summed E-state index contributed by atoms with van der Waals surface area (Å²) in [6.07, 6.45) is -3.05. The van der Waals surface area contributed by atoms with E-state index >= 15 is 0 Å². The molecule has 1 heterocycles. The van der Waals surface area contributed by atoms with Gasteiger partial charge in [0.1, 0.15) is 0 Å². The molecule has 128 valence electrons. The molecule has 2 aromatic rings. The number of carbonyl (C=O) groups excluding carboxylic acids is 1. The Morgan fingerprint density at radius 1 is 1.12 bits per heavy atom. The number of halogens is 4. The van der Waals surface area contributed by atoms with Gasteiger partial charge in [0.25, 0.3) is 5.91 Å². The van der Waals surface area contributed by atoms with E-state index in [1.807, 2.05) is 6.07 Å². The second kappa shape index (κ2) is 6.68. The predicted molar refractivity (Wildman–Crippen MR) is 96.4 cm³/mol. The van der Waals surface area contributed by atoms with Gasteiger partial charge in [0, 0.05) is 4.47 Å². The summed E-state index contributed by atoms with van der Waals surface area (Å²) in [5.41, 5.74) is -0.573. The lowest BCUT2D eigenvalue weighted by Crippen LogP contribution is -2.30. The van der Waals surface area contributed by atoms with E-state index in [0.29, 0.717) is 5.56 Å². The van der Waals surface area contributed by atoms with Gasteiger partial charge in [-0.3, -0.25) is 15.1 Å². The van der Waals surface area contributed by atoms with Gasteiger partial charge in [-0.15, -0.1) is 0 Å². The zero-order valence-corrected chi connectivity index (χ0v) is 14.9. The van der Waals surface area contributed by atoms with Gasteiger partial charge < -0.3 is 0 Å². The van der Waals surface area contributed by atoms with Crippen LogP contribution in [0.5, 0.6) is 0 Å². The number of rotatable bonds is 2. The van der Waals surface area contributed by atoms with Gasteiger partial charge in [-0.25, -0.2) is 0 Å². The Morgan fingerprint density at radius 3 is 2.52 bits per heavy atom. The van der Waals surface area contributed by atoms with Crippen molar-refractivity contribution in [2.45, 2.75) is 6.18 Å². The molecule has 1 N–H and O–H groups in total. The number of alkyl halides is 3. The Labute approximate surface area is 154 Å². The molecule has 0 spiro atoms. The Bertz CT molecular complexity index is 895. The van der Waals surface area contributed by atoms with Crippen LogP contribution in [0.2, 0.25) is 0 Å². The van der Waals surface area contributed by atoms with Crippen LogP contribution in [0.15, 0.2) is 57.9 Å². The number of para-hydroxylation sites is 1. The average molecular weight is 427 g/mol. The van der Waals surface area contributed by atoms with Crippen molar-refractivity contribution in [1.29, 1.82) is 5.41 Å². The van der Waals surface area contributed by atoms with Crippen LogP contribution in [0.25, 0.3) is 6.08 Å². The zero-order valence-electron chi connectivity index (χ0n) is 12.5. The molecule has 0 aliphatic carbocycles. The Morgan fingerprint density at radius 2 is 1.84 bits per heavy atom. The fraction of sp³-hybridized carbons (Fsp3) is 0.0588. The summed E-state index contributed by atoms with van der Waals surface area (Å²) in [4.78, 5) is 13.6. The summed E-state index contributed by atoms with van der Waals surface area (Å²) in [5.74, 6) is -0.647. The van der Waals surface area contributed by atoms with Gasteiger partial charge in [-0.05, 0) is 47.7 Å². The van der Waals surface area contributed by atoms with Crippen LogP contribution in [-0.2, 0) is 11.0 Å². The third-order valence-corrected chi connectivity index (χ3v) is 4.80. The molecule has 0 atom stereocenters. The highest BCUT2D eigenvalue weighted by Gasteiger charge is 2.40. The van der Waals surface area contributed by atoms with E-state index in [9.17, 15) is 18.0 Å². The van der Waals surface area contributed by atoms with Gasteiger partial charge in [-0.2, -0.15) is 13.2 Å². The molecule has 0 aromatic heterocycles. The number of hydrogen-bond acceptors (Lipinski definition) is 3. The SMILES string of the molecule is N=C1S/C(=C\c2cccc(Br)c2)C(=O)N1c1ccccc1C(F)(F)F. The summed E-state index contributed by atoms with van der Waals surface area (Å²) in [6, 6.07) is 11.9. The first-order chi connectivity index (χ1) is 11.8. The molecule has 1 fully saturated rings. The fourth-order valence-corrected chi connectivity index (χ4v) is 3.63. The largest absolute Gasteiger partial charge is 0.418 e. The molecular weight excluding hydrogens is 417 g/mol. The molecule has 25 heavy (non-hydrogen) atoms. The maximum Gasteiger partial charge on any atom is 0.418 e. The van der Waals surface area contributed by atoms with Crippen molar-refractivity contribution in [3.63, 3.8) is 0 Å². The predicted octanol–water partition coefficient (Wildman–Crippen LogP) is 5.52. The number of anilines is 1. The normalized spacial score (nSPS) is 16.8.